The third-order valence-corrected chi connectivity index (χ3v) is 4.21. The fourth-order valence-electron chi connectivity index (χ4n) is 3.06. The van der Waals surface area contributed by atoms with Crippen molar-refractivity contribution in [3.63, 3.8) is 0 Å². The molecule has 0 heterocycles. The molecule has 4 heteroatoms. The van der Waals surface area contributed by atoms with E-state index in [9.17, 15) is 9.59 Å². The Morgan fingerprint density at radius 3 is 2.10 bits per heavy atom. The van der Waals surface area contributed by atoms with E-state index in [1.807, 2.05) is 27.7 Å². The summed E-state index contributed by atoms with van der Waals surface area (Å²) in [5.74, 6) is 0.0982. The van der Waals surface area contributed by atoms with Crippen LogP contribution >= 0.6 is 0 Å². The molecular weight excluding hydrogens is 252 g/mol. The summed E-state index contributed by atoms with van der Waals surface area (Å²) < 4.78 is 0. The van der Waals surface area contributed by atoms with Gasteiger partial charge >= 0.3 is 0 Å². The summed E-state index contributed by atoms with van der Waals surface area (Å²) >= 11 is 0. The molecule has 4 nitrogen and oxygen atoms in total. The highest BCUT2D eigenvalue weighted by atomic mass is 16.2. The van der Waals surface area contributed by atoms with E-state index in [4.69, 9.17) is 0 Å². The van der Waals surface area contributed by atoms with Crippen LogP contribution in [0.15, 0.2) is 0 Å². The lowest BCUT2D eigenvalue weighted by Gasteiger charge is -2.33. The Morgan fingerprint density at radius 1 is 1.15 bits per heavy atom. The number of carbonyl (C=O) groups is 2. The minimum Gasteiger partial charge on any atom is -0.350 e. The lowest BCUT2D eigenvalue weighted by molar-refractivity contribution is -0.145. The van der Waals surface area contributed by atoms with Gasteiger partial charge in [-0.05, 0) is 47.0 Å². The van der Waals surface area contributed by atoms with Crippen LogP contribution in [0.3, 0.4) is 0 Å². The Labute approximate surface area is 123 Å². The first-order chi connectivity index (χ1) is 9.24. The molecule has 0 saturated heterocycles. The van der Waals surface area contributed by atoms with E-state index in [1.165, 1.54) is 0 Å². The zero-order valence-electron chi connectivity index (χ0n) is 13.7. The minimum atomic E-state index is -0.255. The van der Waals surface area contributed by atoms with Crippen molar-refractivity contribution in [3.8, 4) is 0 Å². The lowest BCUT2D eigenvalue weighted by atomic mass is 9.82. The molecule has 1 rings (SSSR count). The van der Waals surface area contributed by atoms with Crippen molar-refractivity contribution in [1.29, 1.82) is 0 Å². The minimum absolute atomic E-state index is 0.0723. The van der Waals surface area contributed by atoms with Gasteiger partial charge in [-0.3, -0.25) is 9.59 Å². The first-order valence-corrected chi connectivity index (χ1v) is 7.84. The highest BCUT2D eigenvalue weighted by molar-refractivity contribution is 5.88. The van der Waals surface area contributed by atoms with Crippen LogP contribution in [-0.2, 0) is 9.59 Å². The van der Waals surface area contributed by atoms with E-state index >= 15 is 0 Å². The standard InChI is InChI=1S/C16H30N2O2/c1-6-16(10-8-9-11-16)14(20)18(7-2)12-13(19)17-15(3,4)5/h6-12H2,1-5H3,(H,17,19). The van der Waals surface area contributed by atoms with Gasteiger partial charge in [0.15, 0.2) is 0 Å². The van der Waals surface area contributed by atoms with Crippen LogP contribution in [0.1, 0.15) is 66.7 Å². The topological polar surface area (TPSA) is 49.4 Å². The highest BCUT2D eigenvalue weighted by Gasteiger charge is 2.41. The average molecular weight is 282 g/mol. The van der Waals surface area contributed by atoms with Crippen LogP contribution in [0.5, 0.6) is 0 Å². The number of nitrogens with zero attached hydrogens (tertiary/aromatic N) is 1. The highest BCUT2D eigenvalue weighted by Crippen LogP contribution is 2.42. The molecule has 20 heavy (non-hydrogen) atoms. The fourth-order valence-corrected chi connectivity index (χ4v) is 3.06. The van der Waals surface area contributed by atoms with E-state index in [2.05, 4.69) is 12.2 Å². The van der Waals surface area contributed by atoms with Crippen molar-refractivity contribution >= 4 is 11.8 Å². The quantitative estimate of drug-likeness (QED) is 0.843. The van der Waals surface area contributed by atoms with Gasteiger partial charge in [-0.2, -0.15) is 0 Å². The van der Waals surface area contributed by atoms with Crippen LogP contribution in [0, 0.1) is 5.41 Å². The van der Waals surface area contributed by atoms with Crippen molar-refractivity contribution in [2.24, 2.45) is 5.41 Å². The van der Waals surface area contributed by atoms with Gasteiger partial charge in [0.25, 0.3) is 0 Å². The average Bonchev–Trinajstić information content (AvgIpc) is 2.82. The molecule has 1 N–H and O–H groups in total. The van der Waals surface area contributed by atoms with Crippen molar-refractivity contribution in [1.82, 2.24) is 10.2 Å². The predicted molar refractivity (Wildman–Crippen MR) is 81.3 cm³/mol. The van der Waals surface area contributed by atoms with Gasteiger partial charge in [0.1, 0.15) is 0 Å². The molecule has 1 aliphatic carbocycles. The van der Waals surface area contributed by atoms with Gasteiger partial charge in [-0.15, -0.1) is 0 Å². The van der Waals surface area contributed by atoms with Gasteiger partial charge in [0, 0.05) is 17.5 Å². The Bertz CT molecular complexity index is 352. The van der Waals surface area contributed by atoms with Crippen LogP contribution in [0.4, 0.5) is 0 Å². The molecule has 0 bridgehead atoms. The predicted octanol–water partition coefficient (Wildman–Crippen LogP) is 2.72. The van der Waals surface area contributed by atoms with E-state index < -0.39 is 0 Å². The number of amides is 2. The number of nitrogens with one attached hydrogen (secondary N) is 1. The Morgan fingerprint density at radius 2 is 1.70 bits per heavy atom. The summed E-state index contributed by atoms with van der Waals surface area (Å²) in [6, 6.07) is 0. The molecule has 0 aliphatic heterocycles. The summed E-state index contributed by atoms with van der Waals surface area (Å²) in [5, 5.41) is 2.93. The number of hydrogen-bond donors (Lipinski definition) is 1. The van der Waals surface area contributed by atoms with E-state index in [1.54, 1.807) is 4.90 Å². The lowest BCUT2D eigenvalue weighted by Crippen LogP contribution is -2.50. The Kier molecular flexibility index (Phi) is 5.60. The first kappa shape index (κ1) is 17.0. The third-order valence-electron chi connectivity index (χ3n) is 4.21. The SMILES string of the molecule is CCN(CC(=O)NC(C)(C)C)C(=O)C1(CC)CCCC1. The summed E-state index contributed by atoms with van der Waals surface area (Å²) in [5.41, 5.74) is -0.465. The maximum absolute atomic E-state index is 12.8. The van der Waals surface area contributed by atoms with Gasteiger partial charge < -0.3 is 10.2 Å². The molecule has 0 aromatic heterocycles. The second kappa shape index (κ2) is 6.59. The molecule has 0 aromatic rings. The van der Waals surface area contributed by atoms with E-state index in [-0.39, 0.29) is 29.3 Å². The zero-order valence-corrected chi connectivity index (χ0v) is 13.7. The smallest absolute Gasteiger partial charge is 0.240 e. The second-order valence-electron chi connectivity index (χ2n) is 6.96. The molecule has 0 spiro atoms. The molecule has 0 atom stereocenters. The van der Waals surface area contributed by atoms with Crippen molar-refractivity contribution in [2.45, 2.75) is 72.3 Å². The number of carbonyl (C=O) groups excluding carboxylic acids is 2. The summed E-state index contributed by atoms with van der Waals surface area (Å²) in [6.07, 6.45) is 5.08. The normalized spacial score (nSPS) is 17.9. The van der Waals surface area contributed by atoms with Crippen molar-refractivity contribution < 1.29 is 9.59 Å². The van der Waals surface area contributed by atoms with Crippen LogP contribution in [0.25, 0.3) is 0 Å². The molecule has 0 radical (unpaired) electrons. The Hall–Kier alpha value is -1.06. The van der Waals surface area contributed by atoms with Gasteiger partial charge in [-0.1, -0.05) is 19.8 Å². The van der Waals surface area contributed by atoms with Gasteiger partial charge in [0.05, 0.1) is 6.54 Å². The summed E-state index contributed by atoms with van der Waals surface area (Å²) in [7, 11) is 0. The van der Waals surface area contributed by atoms with Crippen LogP contribution in [0.2, 0.25) is 0 Å². The van der Waals surface area contributed by atoms with Crippen LogP contribution in [-0.4, -0.2) is 35.3 Å². The Balaban J connectivity index is 2.70. The third kappa shape index (κ3) is 4.22. The molecule has 0 aromatic carbocycles. The van der Waals surface area contributed by atoms with Crippen LogP contribution < -0.4 is 5.32 Å². The van der Waals surface area contributed by atoms with Gasteiger partial charge in [-0.25, -0.2) is 0 Å². The molecular formula is C16H30N2O2. The van der Waals surface area contributed by atoms with Crippen molar-refractivity contribution in [2.75, 3.05) is 13.1 Å². The van der Waals surface area contributed by atoms with Crippen molar-refractivity contribution in [3.05, 3.63) is 0 Å². The molecule has 2 amide bonds. The number of likely N-dealkylation sites (N-methyl/N-ethyl adjacent to an activating group) is 1. The van der Waals surface area contributed by atoms with E-state index in [0.717, 1.165) is 32.1 Å². The largest absolute Gasteiger partial charge is 0.350 e. The van der Waals surface area contributed by atoms with Gasteiger partial charge in [0.2, 0.25) is 11.8 Å². The molecule has 1 aliphatic rings. The number of rotatable bonds is 5. The summed E-state index contributed by atoms with van der Waals surface area (Å²) in [6.45, 7) is 10.7. The number of hydrogen-bond acceptors (Lipinski definition) is 2. The molecule has 116 valence electrons. The molecule has 1 fully saturated rings. The summed E-state index contributed by atoms with van der Waals surface area (Å²) in [4.78, 5) is 26.5. The monoisotopic (exact) mass is 282 g/mol. The molecule has 0 unspecified atom stereocenters. The zero-order chi connectivity index (χ0) is 15.4. The maximum atomic E-state index is 12.8. The van der Waals surface area contributed by atoms with E-state index in [0.29, 0.717) is 6.54 Å². The maximum Gasteiger partial charge on any atom is 0.240 e. The first-order valence-electron chi connectivity index (χ1n) is 7.84. The molecule has 1 saturated carbocycles. The fraction of sp³-hybridized carbons (Fsp3) is 0.875. The second-order valence-corrected chi connectivity index (χ2v) is 6.96.